The zero-order valence-electron chi connectivity index (χ0n) is 17.3. The number of nitrogens with one attached hydrogen (secondary N) is 2. The first kappa shape index (κ1) is 20.0. The fraction of sp³-hybridized carbons (Fsp3) is 0.292. The van der Waals surface area contributed by atoms with Crippen LogP contribution in [0, 0.1) is 18.7 Å². The molecular weight excluding hydrogens is 381 g/mol. The van der Waals surface area contributed by atoms with Crippen LogP contribution in [0.1, 0.15) is 43.9 Å². The Bertz CT molecular complexity index is 1090. The van der Waals surface area contributed by atoms with E-state index in [4.69, 9.17) is 0 Å². The van der Waals surface area contributed by atoms with Crippen LogP contribution in [0.5, 0.6) is 0 Å². The van der Waals surface area contributed by atoms with Gasteiger partial charge in [-0.15, -0.1) is 0 Å². The Labute approximate surface area is 175 Å². The Morgan fingerprint density at radius 2 is 1.87 bits per heavy atom. The Balaban J connectivity index is 1.79. The molecule has 0 fully saturated rings. The van der Waals surface area contributed by atoms with Crippen LogP contribution in [-0.4, -0.2) is 16.7 Å². The molecule has 2 heterocycles. The predicted molar refractivity (Wildman–Crippen MR) is 113 cm³/mol. The van der Waals surface area contributed by atoms with Crippen LogP contribution in [0.15, 0.2) is 65.0 Å². The summed E-state index contributed by atoms with van der Waals surface area (Å²) in [4.78, 5) is 30.7. The summed E-state index contributed by atoms with van der Waals surface area (Å²) in [5.74, 6) is -0.533. The summed E-state index contributed by atoms with van der Waals surface area (Å²) in [7, 11) is 0. The van der Waals surface area contributed by atoms with Crippen LogP contribution >= 0.6 is 0 Å². The molecule has 1 amide bonds. The summed E-state index contributed by atoms with van der Waals surface area (Å²) in [5.41, 5.74) is 4.11. The number of anilines is 1. The van der Waals surface area contributed by atoms with Gasteiger partial charge in [-0.3, -0.25) is 9.59 Å². The van der Waals surface area contributed by atoms with Crippen molar-refractivity contribution in [3.63, 3.8) is 0 Å². The highest BCUT2D eigenvalue weighted by molar-refractivity contribution is 6.09. The number of benzene rings is 1. The molecule has 1 aliphatic heterocycles. The van der Waals surface area contributed by atoms with Crippen molar-refractivity contribution >= 4 is 17.5 Å². The smallest absolute Gasteiger partial charge is 0.255 e. The predicted octanol–water partition coefficient (Wildman–Crippen LogP) is 4.38. The third-order valence-electron chi connectivity index (χ3n) is 5.61. The van der Waals surface area contributed by atoms with E-state index < -0.39 is 5.92 Å². The molecule has 1 aliphatic carbocycles. The summed E-state index contributed by atoms with van der Waals surface area (Å²) in [6.45, 7) is 5.73. The number of aryl methyl sites for hydroxylation is 1. The molecule has 6 heteroatoms. The molecule has 2 atom stereocenters. The van der Waals surface area contributed by atoms with Gasteiger partial charge >= 0.3 is 0 Å². The lowest BCUT2D eigenvalue weighted by molar-refractivity contribution is -0.117. The van der Waals surface area contributed by atoms with E-state index in [9.17, 15) is 14.0 Å². The number of carbonyl (C=O) groups excluding carboxylic acids is 2. The lowest BCUT2D eigenvalue weighted by Crippen LogP contribution is -2.37. The molecule has 0 unspecified atom stereocenters. The number of dihydropyridines is 1. The molecular formula is C24H24FN3O2. The van der Waals surface area contributed by atoms with Gasteiger partial charge < -0.3 is 10.6 Å². The van der Waals surface area contributed by atoms with Gasteiger partial charge in [0, 0.05) is 40.6 Å². The second kappa shape index (κ2) is 7.86. The van der Waals surface area contributed by atoms with Gasteiger partial charge in [0.1, 0.15) is 11.6 Å². The van der Waals surface area contributed by atoms with E-state index in [1.807, 2.05) is 32.9 Å². The molecule has 1 aromatic heterocycles. The van der Waals surface area contributed by atoms with Crippen molar-refractivity contribution in [2.24, 2.45) is 5.92 Å². The number of pyridine rings is 1. The van der Waals surface area contributed by atoms with Gasteiger partial charge in [0.2, 0.25) is 0 Å². The summed E-state index contributed by atoms with van der Waals surface area (Å²) in [5, 5.41) is 6.16. The number of amides is 1. The van der Waals surface area contributed by atoms with Crippen molar-refractivity contribution in [1.29, 1.82) is 0 Å². The highest BCUT2D eigenvalue weighted by Crippen LogP contribution is 2.43. The highest BCUT2D eigenvalue weighted by Gasteiger charge is 2.39. The minimum atomic E-state index is -0.549. The molecule has 0 bridgehead atoms. The van der Waals surface area contributed by atoms with Crippen LogP contribution in [0.2, 0.25) is 0 Å². The summed E-state index contributed by atoms with van der Waals surface area (Å²) >= 11 is 0. The van der Waals surface area contributed by atoms with Gasteiger partial charge in [-0.25, -0.2) is 9.37 Å². The van der Waals surface area contributed by atoms with Crippen molar-refractivity contribution in [2.75, 3.05) is 5.32 Å². The van der Waals surface area contributed by atoms with E-state index in [2.05, 4.69) is 15.6 Å². The molecule has 1 aromatic carbocycles. The molecule has 2 N–H and O–H groups in total. The largest absolute Gasteiger partial charge is 0.362 e. The molecule has 0 saturated carbocycles. The Morgan fingerprint density at radius 3 is 2.57 bits per heavy atom. The zero-order chi connectivity index (χ0) is 21.4. The van der Waals surface area contributed by atoms with Gasteiger partial charge in [-0.2, -0.15) is 0 Å². The Morgan fingerprint density at radius 1 is 1.13 bits per heavy atom. The van der Waals surface area contributed by atoms with E-state index >= 15 is 0 Å². The number of hydrogen-bond acceptors (Lipinski definition) is 4. The molecule has 2 aliphatic rings. The minimum absolute atomic E-state index is 0.0251. The number of ketones is 1. The number of Topliss-reactive ketones (excluding diaryl/α,β-unsaturated/α-hetero) is 1. The third kappa shape index (κ3) is 3.77. The van der Waals surface area contributed by atoms with Crippen LogP contribution in [-0.2, 0) is 9.59 Å². The quantitative estimate of drug-likeness (QED) is 0.795. The molecule has 0 radical (unpaired) electrons. The van der Waals surface area contributed by atoms with E-state index in [1.165, 1.54) is 12.1 Å². The second-order valence-corrected chi connectivity index (χ2v) is 8.10. The van der Waals surface area contributed by atoms with Crippen molar-refractivity contribution < 1.29 is 14.0 Å². The summed E-state index contributed by atoms with van der Waals surface area (Å²) < 4.78 is 13.6. The number of allylic oxidation sites excluding steroid dienone is 3. The van der Waals surface area contributed by atoms with E-state index in [1.54, 1.807) is 18.2 Å². The van der Waals surface area contributed by atoms with E-state index in [0.29, 0.717) is 29.1 Å². The molecule has 2 aromatic rings. The molecule has 5 nitrogen and oxygen atoms in total. The number of aromatic nitrogens is 1. The number of carbonyl (C=O) groups is 2. The molecule has 0 saturated heterocycles. The maximum Gasteiger partial charge on any atom is 0.255 e. The summed E-state index contributed by atoms with van der Waals surface area (Å²) in [6.07, 6.45) is 1.18. The van der Waals surface area contributed by atoms with Gasteiger partial charge in [-0.1, -0.05) is 25.1 Å². The maximum absolute atomic E-state index is 13.6. The standard InChI is InChI=1S/C24H24FN3O2/c1-13-11-18-23(19(29)12-13)22(16-7-9-17(25)10-8-16)21(15(3)27-18)24(30)28-20-6-4-5-14(2)26-20/h4-10,13,22,27H,11-12H2,1-3H3,(H,26,28,30)/t13-,22+/m1/s1. The zero-order valence-corrected chi connectivity index (χ0v) is 17.3. The van der Waals surface area contributed by atoms with E-state index in [-0.39, 0.29) is 23.4 Å². The molecule has 154 valence electrons. The normalized spacial score (nSPS) is 21.3. The SMILES string of the molecule is CC1=C(C(=O)Nc2cccc(C)n2)[C@H](c2ccc(F)cc2)C2=C(C[C@@H](C)CC2=O)N1. The number of hydrogen-bond donors (Lipinski definition) is 2. The molecule has 4 rings (SSSR count). The lowest BCUT2D eigenvalue weighted by atomic mass is 9.73. The first-order chi connectivity index (χ1) is 14.3. The Kier molecular flexibility index (Phi) is 5.24. The van der Waals surface area contributed by atoms with Crippen molar-refractivity contribution in [2.45, 2.75) is 39.5 Å². The fourth-order valence-corrected chi connectivity index (χ4v) is 4.32. The molecule has 30 heavy (non-hydrogen) atoms. The molecule has 0 spiro atoms. The van der Waals surface area contributed by atoms with Crippen molar-refractivity contribution in [3.05, 3.63) is 82.1 Å². The average molecular weight is 405 g/mol. The minimum Gasteiger partial charge on any atom is -0.362 e. The van der Waals surface area contributed by atoms with Crippen LogP contribution in [0.25, 0.3) is 0 Å². The number of halogens is 1. The van der Waals surface area contributed by atoms with E-state index in [0.717, 1.165) is 23.4 Å². The third-order valence-corrected chi connectivity index (χ3v) is 5.61. The number of nitrogens with zero attached hydrogens (tertiary/aromatic N) is 1. The summed E-state index contributed by atoms with van der Waals surface area (Å²) in [6, 6.07) is 11.4. The van der Waals surface area contributed by atoms with Gasteiger partial charge in [0.05, 0.1) is 0 Å². The lowest BCUT2D eigenvalue weighted by Gasteiger charge is -2.36. The van der Waals surface area contributed by atoms with Gasteiger partial charge in [-0.05, 0) is 56.0 Å². The first-order valence-electron chi connectivity index (χ1n) is 10.1. The average Bonchev–Trinajstić information content (AvgIpc) is 2.67. The van der Waals surface area contributed by atoms with Gasteiger partial charge in [0.25, 0.3) is 5.91 Å². The van der Waals surface area contributed by atoms with Crippen molar-refractivity contribution in [1.82, 2.24) is 10.3 Å². The topological polar surface area (TPSA) is 71.1 Å². The Hall–Kier alpha value is -3.28. The maximum atomic E-state index is 13.6. The monoisotopic (exact) mass is 405 g/mol. The number of rotatable bonds is 3. The van der Waals surface area contributed by atoms with Gasteiger partial charge in [0.15, 0.2) is 5.78 Å². The first-order valence-corrected chi connectivity index (χ1v) is 10.1. The van der Waals surface area contributed by atoms with Crippen LogP contribution in [0.4, 0.5) is 10.2 Å². The highest BCUT2D eigenvalue weighted by atomic mass is 19.1. The second-order valence-electron chi connectivity index (χ2n) is 8.10. The fourth-order valence-electron chi connectivity index (χ4n) is 4.32. The van der Waals surface area contributed by atoms with Crippen molar-refractivity contribution in [3.8, 4) is 0 Å². The van der Waals surface area contributed by atoms with Crippen LogP contribution in [0.3, 0.4) is 0 Å². The van der Waals surface area contributed by atoms with Crippen LogP contribution < -0.4 is 10.6 Å².